The van der Waals surface area contributed by atoms with Gasteiger partial charge in [0.15, 0.2) is 5.82 Å². The number of nitrogens with one attached hydrogen (secondary N) is 1. The first kappa shape index (κ1) is 19.9. The van der Waals surface area contributed by atoms with E-state index in [2.05, 4.69) is 25.3 Å². The van der Waals surface area contributed by atoms with Crippen molar-refractivity contribution >= 4 is 23.4 Å². The molecule has 0 amide bonds. The maximum Gasteiger partial charge on any atom is 0.417 e. The van der Waals surface area contributed by atoms with Crippen molar-refractivity contribution in [3.05, 3.63) is 51.3 Å². The molecule has 3 aromatic heterocycles. The lowest BCUT2D eigenvalue weighted by atomic mass is 10.1. The summed E-state index contributed by atoms with van der Waals surface area (Å²) >= 11 is 7.26. The third-order valence-electron chi connectivity index (χ3n) is 4.60. The highest BCUT2D eigenvalue weighted by atomic mass is 35.5. The van der Waals surface area contributed by atoms with Crippen LogP contribution in [0.1, 0.15) is 43.0 Å². The van der Waals surface area contributed by atoms with Gasteiger partial charge >= 0.3 is 6.18 Å². The number of pyridine rings is 1. The summed E-state index contributed by atoms with van der Waals surface area (Å²) in [5.41, 5.74) is -1.62. The Labute approximate surface area is 171 Å². The molecule has 0 saturated heterocycles. The summed E-state index contributed by atoms with van der Waals surface area (Å²) in [6.45, 7) is 0. The maximum absolute atomic E-state index is 12.7. The van der Waals surface area contributed by atoms with E-state index in [-0.39, 0.29) is 10.8 Å². The van der Waals surface area contributed by atoms with Crippen molar-refractivity contribution in [3.63, 3.8) is 0 Å². The molecule has 0 aliphatic heterocycles. The Bertz CT molecular complexity index is 1080. The second kappa shape index (κ2) is 7.79. The number of hydrogen-bond donors (Lipinski definition) is 1. The fraction of sp³-hybridized carbons (Fsp3) is 0.353. The summed E-state index contributed by atoms with van der Waals surface area (Å²) in [6, 6.07) is 1.88. The molecule has 0 aromatic carbocycles. The van der Waals surface area contributed by atoms with Gasteiger partial charge in [0, 0.05) is 12.1 Å². The van der Waals surface area contributed by atoms with E-state index in [0.717, 1.165) is 47.2 Å². The van der Waals surface area contributed by atoms with Gasteiger partial charge in [-0.05, 0) is 36.7 Å². The monoisotopic (exact) mass is 442 g/mol. The zero-order chi connectivity index (χ0) is 20.6. The van der Waals surface area contributed by atoms with E-state index in [4.69, 9.17) is 11.6 Å². The van der Waals surface area contributed by atoms with Crippen LogP contribution >= 0.6 is 23.4 Å². The Morgan fingerprint density at radius 3 is 2.62 bits per heavy atom. The van der Waals surface area contributed by atoms with Crippen LogP contribution in [-0.4, -0.2) is 29.9 Å². The molecule has 0 spiro atoms. The van der Waals surface area contributed by atoms with Gasteiger partial charge in [-0.2, -0.15) is 23.0 Å². The molecular weight excluding hydrogens is 429 g/mol. The van der Waals surface area contributed by atoms with E-state index >= 15 is 0 Å². The predicted octanol–water partition coefficient (Wildman–Crippen LogP) is 4.23. The van der Waals surface area contributed by atoms with Gasteiger partial charge in [-0.15, -0.1) is 5.10 Å². The standard InChI is InChI=1S/C17H14ClF3N6OS/c18-13-11(29-16-24-14(25-26-16)9-3-1-2-4-9)8-23-27(15(13)28)12-6-5-10(7-22-12)17(19,20)21/h5-9H,1-4H2,(H,24,25,26). The van der Waals surface area contributed by atoms with Crippen LogP contribution in [0.5, 0.6) is 0 Å². The third kappa shape index (κ3) is 4.15. The lowest BCUT2D eigenvalue weighted by molar-refractivity contribution is -0.137. The normalized spacial score (nSPS) is 15.2. The third-order valence-corrected chi connectivity index (χ3v) is 5.98. The van der Waals surface area contributed by atoms with Crippen molar-refractivity contribution in [2.45, 2.75) is 47.8 Å². The first-order chi connectivity index (χ1) is 13.8. The van der Waals surface area contributed by atoms with Gasteiger partial charge in [-0.25, -0.2) is 9.97 Å². The van der Waals surface area contributed by atoms with Crippen LogP contribution in [0.4, 0.5) is 13.2 Å². The van der Waals surface area contributed by atoms with Crippen LogP contribution in [0.3, 0.4) is 0 Å². The Morgan fingerprint density at radius 1 is 1.21 bits per heavy atom. The average molecular weight is 443 g/mol. The summed E-state index contributed by atoms with van der Waals surface area (Å²) < 4.78 is 38.8. The summed E-state index contributed by atoms with van der Waals surface area (Å²) in [5.74, 6) is 1.11. The second-order valence-corrected chi connectivity index (χ2v) is 7.92. The summed E-state index contributed by atoms with van der Waals surface area (Å²) in [7, 11) is 0. The molecule has 152 valence electrons. The fourth-order valence-electron chi connectivity index (χ4n) is 3.11. The number of nitrogens with zero attached hydrogens (tertiary/aromatic N) is 5. The molecule has 7 nitrogen and oxygen atoms in total. The maximum atomic E-state index is 12.7. The number of hydrogen-bond acceptors (Lipinski definition) is 6. The molecule has 0 bridgehead atoms. The molecule has 1 saturated carbocycles. The van der Waals surface area contributed by atoms with Gasteiger partial charge in [0.25, 0.3) is 5.56 Å². The first-order valence-electron chi connectivity index (χ1n) is 8.74. The molecule has 0 unspecified atom stereocenters. The van der Waals surface area contributed by atoms with E-state index < -0.39 is 17.3 Å². The van der Waals surface area contributed by atoms with Crippen molar-refractivity contribution in [2.75, 3.05) is 0 Å². The van der Waals surface area contributed by atoms with Crippen LogP contribution in [-0.2, 0) is 6.18 Å². The quantitative estimate of drug-likeness (QED) is 0.650. The number of halogens is 4. The molecule has 1 N–H and O–H groups in total. The zero-order valence-corrected chi connectivity index (χ0v) is 16.4. The number of alkyl halides is 3. The molecule has 1 aliphatic carbocycles. The van der Waals surface area contributed by atoms with E-state index in [1.807, 2.05) is 0 Å². The van der Waals surface area contributed by atoms with E-state index in [1.165, 1.54) is 19.0 Å². The number of aromatic nitrogens is 6. The van der Waals surface area contributed by atoms with Gasteiger partial charge in [0.05, 0.1) is 16.7 Å². The molecule has 12 heteroatoms. The Morgan fingerprint density at radius 2 is 1.97 bits per heavy atom. The van der Waals surface area contributed by atoms with Crippen LogP contribution < -0.4 is 5.56 Å². The fourth-order valence-corrected chi connectivity index (χ4v) is 4.07. The van der Waals surface area contributed by atoms with Crippen molar-refractivity contribution < 1.29 is 13.2 Å². The van der Waals surface area contributed by atoms with Crippen LogP contribution in [0.15, 0.2) is 39.4 Å². The minimum Gasteiger partial charge on any atom is -0.266 e. The summed E-state index contributed by atoms with van der Waals surface area (Å²) in [4.78, 5) is 21.0. The van der Waals surface area contributed by atoms with Crippen LogP contribution in [0.2, 0.25) is 5.02 Å². The SMILES string of the molecule is O=c1c(Cl)c(Sc2n[nH]c(C3CCCC3)n2)cnn1-c1ccc(C(F)(F)F)cn1. The molecule has 3 aromatic rings. The minimum absolute atomic E-state index is 0.0668. The smallest absolute Gasteiger partial charge is 0.266 e. The lowest BCUT2D eigenvalue weighted by Crippen LogP contribution is -2.23. The number of rotatable bonds is 4. The zero-order valence-electron chi connectivity index (χ0n) is 14.8. The van der Waals surface area contributed by atoms with Gasteiger partial charge < -0.3 is 0 Å². The largest absolute Gasteiger partial charge is 0.417 e. The van der Waals surface area contributed by atoms with E-state index in [0.29, 0.717) is 22.2 Å². The van der Waals surface area contributed by atoms with Gasteiger partial charge in [0.1, 0.15) is 10.8 Å². The molecule has 4 rings (SSSR count). The predicted molar refractivity (Wildman–Crippen MR) is 99.4 cm³/mol. The first-order valence-corrected chi connectivity index (χ1v) is 9.94. The second-order valence-electron chi connectivity index (χ2n) is 6.53. The summed E-state index contributed by atoms with van der Waals surface area (Å²) in [6.07, 6.45) is 1.92. The van der Waals surface area contributed by atoms with Gasteiger partial charge in [-0.3, -0.25) is 9.89 Å². The van der Waals surface area contributed by atoms with E-state index in [1.54, 1.807) is 0 Å². The molecular formula is C17H14ClF3N6OS. The van der Waals surface area contributed by atoms with Crippen molar-refractivity contribution in [1.82, 2.24) is 29.9 Å². The Balaban J connectivity index is 1.57. The van der Waals surface area contributed by atoms with Crippen LogP contribution in [0.25, 0.3) is 5.82 Å². The topological polar surface area (TPSA) is 89.4 Å². The van der Waals surface area contributed by atoms with Crippen molar-refractivity contribution in [2.24, 2.45) is 0 Å². The highest BCUT2D eigenvalue weighted by Gasteiger charge is 2.31. The highest BCUT2D eigenvalue weighted by molar-refractivity contribution is 7.99. The number of H-pyrrole nitrogens is 1. The van der Waals surface area contributed by atoms with Gasteiger partial charge in [-0.1, -0.05) is 24.4 Å². The van der Waals surface area contributed by atoms with E-state index in [9.17, 15) is 18.0 Å². The molecule has 1 aliphatic rings. The highest BCUT2D eigenvalue weighted by Crippen LogP contribution is 2.34. The molecule has 3 heterocycles. The average Bonchev–Trinajstić information content (AvgIpc) is 3.37. The molecule has 29 heavy (non-hydrogen) atoms. The molecule has 0 radical (unpaired) electrons. The van der Waals surface area contributed by atoms with Gasteiger partial charge in [0.2, 0.25) is 5.16 Å². The van der Waals surface area contributed by atoms with Crippen molar-refractivity contribution in [3.8, 4) is 5.82 Å². The Hall–Kier alpha value is -2.40. The van der Waals surface area contributed by atoms with Crippen molar-refractivity contribution in [1.29, 1.82) is 0 Å². The number of aromatic amines is 1. The molecule has 0 atom stereocenters. The van der Waals surface area contributed by atoms with Crippen LogP contribution in [0, 0.1) is 0 Å². The minimum atomic E-state index is -4.52. The Kier molecular flexibility index (Phi) is 5.34. The molecule has 1 fully saturated rings. The summed E-state index contributed by atoms with van der Waals surface area (Å²) in [5, 5.41) is 11.3. The lowest BCUT2D eigenvalue weighted by Gasteiger charge is -2.08.